The molecule has 0 fully saturated rings. The third-order valence-electron chi connectivity index (χ3n) is 2.19. The van der Waals surface area contributed by atoms with E-state index in [1.54, 1.807) is 18.5 Å². The third-order valence-corrected chi connectivity index (χ3v) is 2.19. The molecule has 0 saturated carbocycles. The minimum Gasteiger partial charge on any atom is -0.376 e. The van der Waals surface area contributed by atoms with E-state index in [0.29, 0.717) is 6.54 Å². The van der Waals surface area contributed by atoms with Crippen molar-refractivity contribution in [1.29, 1.82) is 0 Å². The zero-order valence-corrected chi connectivity index (χ0v) is 15.4. The zero-order valence-electron chi connectivity index (χ0n) is 12.6. The van der Waals surface area contributed by atoms with E-state index in [1.807, 2.05) is 12.1 Å². The van der Waals surface area contributed by atoms with Crippen LogP contribution >= 0.6 is 0 Å². The molecule has 0 aliphatic heterocycles. The van der Waals surface area contributed by atoms with E-state index in [0.717, 1.165) is 31.5 Å². The van der Waals surface area contributed by atoms with Crippen molar-refractivity contribution in [3.63, 3.8) is 0 Å². The van der Waals surface area contributed by atoms with Crippen LogP contribution in [0.4, 0.5) is 0 Å². The molecule has 1 rings (SSSR count). The van der Waals surface area contributed by atoms with Gasteiger partial charge in [0.15, 0.2) is 0 Å². The van der Waals surface area contributed by atoms with Crippen LogP contribution in [0, 0.1) is 20.8 Å². The number of nitrogens with one attached hydrogen (secondary N) is 2. The normalized spacial score (nSPS) is 9.48. The largest absolute Gasteiger partial charge is 3.00 e. The predicted molar refractivity (Wildman–Crippen MR) is 84.5 cm³/mol. The topological polar surface area (TPSA) is 54.0 Å². The number of nitrogens with zero attached hydrogens (tertiary/aromatic N) is 1. The Kier molecular flexibility index (Phi) is 18.9. The number of rotatable bonds is 7. The summed E-state index contributed by atoms with van der Waals surface area (Å²) < 4.78 is 0. The Morgan fingerprint density at radius 2 is 2.00 bits per heavy atom. The van der Waals surface area contributed by atoms with Gasteiger partial charge in [-0.1, -0.05) is 12.5 Å². The molecule has 0 aliphatic rings. The van der Waals surface area contributed by atoms with E-state index >= 15 is 0 Å². The first-order valence-electron chi connectivity index (χ1n) is 6.69. The Bertz CT molecular complexity index is 367. The number of pyridine rings is 1. The van der Waals surface area contributed by atoms with E-state index in [1.165, 1.54) is 6.08 Å². The summed E-state index contributed by atoms with van der Waals surface area (Å²) in [5.74, 6) is -0.0766. The first-order chi connectivity index (χ1) is 9.74. The van der Waals surface area contributed by atoms with Crippen LogP contribution in [0.1, 0.15) is 18.4 Å². The van der Waals surface area contributed by atoms with Gasteiger partial charge in [-0.05, 0) is 17.7 Å². The second-order valence-electron chi connectivity index (χ2n) is 3.87. The monoisotopic (exact) mass is 363 g/mol. The molecule has 1 aromatic rings. The molecule has 0 unspecified atom stereocenters. The summed E-state index contributed by atoms with van der Waals surface area (Å²) in [5.41, 5.74) is 0.921. The number of carbonyl (C=O) groups excluding carboxylic acids is 1. The molecule has 5 heteroatoms. The second kappa shape index (κ2) is 17.5. The number of hydrogen-bond acceptors (Lipinski definition) is 3. The van der Waals surface area contributed by atoms with Crippen LogP contribution in [-0.4, -0.2) is 30.5 Å². The molecular weight excluding hydrogens is 339 g/mol. The van der Waals surface area contributed by atoms with Gasteiger partial charge >= 0.3 is 32.7 Å². The van der Waals surface area contributed by atoms with Crippen LogP contribution in [0.15, 0.2) is 30.6 Å². The van der Waals surface area contributed by atoms with Crippen molar-refractivity contribution in [2.75, 3.05) is 19.6 Å². The first-order valence-corrected chi connectivity index (χ1v) is 6.69. The Labute approximate surface area is 154 Å². The van der Waals surface area contributed by atoms with Gasteiger partial charge in [0.25, 0.3) is 0 Å². The standard InChI is InChI=1S/C12H15N2O.C4H9N.Y/c1-2-3-9-14-12(15)7-6-11-5-4-8-13-10-11;1-3-5-4-2;/h4-8,10H,1-3,9H2,(H,14,15);5H,1-4H2;/q-1;-2;+3/b7-6+;;. The molecule has 1 heterocycles. The van der Waals surface area contributed by atoms with E-state index in [9.17, 15) is 4.79 Å². The van der Waals surface area contributed by atoms with Crippen LogP contribution in [0.25, 0.3) is 6.08 Å². The summed E-state index contributed by atoms with van der Waals surface area (Å²) in [6.45, 7) is 13.0. The summed E-state index contributed by atoms with van der Waals surface area (Å²) in [6.07, 6.45) is 8.41. The fourth-order valence-electron chi connectivity index (χ4n) is 1.17. The Hall–Kier alpha value is -0.576. The molecule has 0 aliphatic carbocycles. The maximum atomic E-state index is 11.3. The minimum atomic E-state index is -0.0766. The number of amides is 1. The summed E-state index contributed by atoms with van der Waals surface area (Å²) in [7, 11) is 0. The van der Waals surface area contributed by atoms with E-state index in [2.05, 4.69) is 36.4 Å². The summed E-state index contributed by atoms with van der Waals surface area (Å²) in [5, 5.41) is 5.66. The molecule has 4 nitrogen and oxygen atoms in total. The summed E-state index contributed by atoms with van der Waals surface area (Å²) in [4.78, 5) is 15.2. The molecule has 0 atom stereocenters. The van der Waals surface area contributed by atoms with Crippen molar-refractivity contribution >= 4 is 12.0 Å². The van der Waals surface area contributed by atoms with Gasteiger partial charge in [0.05, 0.1) is 0 Å². The fourth-order valence-corrected chi connectivity index (χ4v) is 1.17. The van der Waals surface area contributed by atoms with Gasteiger partial charge in [-0.15, -0.1) is 13.1 Å². The molecular formula is C16H24N3OY. The van der Waals surface area contributed by atoms with Crippen molar-refractivity contribution in [2.45, 2.75) is 12.8 Å². The van der Waals surface area contributed by atoms with Crippen LogP contribution in [0.2, 0.25) is 0 Å². The smallest absolute Gasteiger partial charge is 0.376 e. The van der Waals surface area contributed by atoms with Gasteiger partial charge in [-0.3, -0.25) is 9.78 Å². The number of unbranched alkanes of at least 4 members (excludes halogenated alkanes) is 1. The average molecular weight is 363 g/mol. The van der Waals surface area contributed by atoms with Crippen molar-refractivity contribution in [2.24, 2.45) is 0 Å². The van der Waals surface area contributed by atoms with Gasteiger partial charge in [-0.2, -0.15) is 6.42 Å². The van der Waals surface area contributed by atoms with Gasteiger partial charge in [0.2, 0.25) is 5.91 Å². The third kappa shape index (κ3) is 15.6. The minimum absolute atomic E-state index is 0. The van der Waals surface area contributed by atoms with Crippen LogP contribution in [-0.2, 0) is 37.5 Å². The number of carbonyl (C=O) groups is 1. The molecule has 2 N–H and O–H groups in total. The average Bonchev–Trinajstić information content (AvgIpc) is 2.48. The molecule has 1 aromatic heterocycles. The molecule has 0 spiro atoms. The molecule has 112 valence electrons. The van der Waals surface area contributed by atoms with Gasteiger partial charge in [-0.25, -0.2) is 0 Å². The fraction of sp³-hybridized carbons (Fsp3) is 0.312. The quantitative estimate of drug-likeness (QED) is 0.443. The summed E-state index contributed by atoms with van der Waals surface area (Å²) in [6, 6.07) is 3.73. The van der Waals surface area contributed by atoms with Crippen LogP contribution in [0.5, 0.6) is 0 Å². The van der Waals surface area contributed by atoms with Gasteiger partial charge in [0, 0.05) is 25.0 Å². The molecule has 1 amide bonds. The molecule has 0 saturated heterocycles. The van der Waals surface area contributed by atoms with Crippen LogP contribution in [0.3, 0.4) is 0 Å². The Balaban J connectivity index is 0. The van der Waals surface area contributed by atoms with E-state index in [-0.39, 0.29) is 38.6 Å². The van der Waals surface area contributed by atoms with Crippen LogP contribution < -0.4 is 10.6 Å². The number of hydrogen-bond donors (Lipinski definition) is 2. The molecule has 0 aromatic carbocycles. The Morgan fingerprint density at radius 1 is 1.29 bits per heavy atom. The van der Waals surface area contributed by atoms with E-state index < -0.39 is 0 Å². The zero-order chi connectivity index (χ0) is 15.1. The first kappa shape index (κ1) is 22.7. The van der Waals surface area contributed by atoms with Crippen molar-refractivity contribution in [3.05, 3.63) is 56.9 Å². The predicted octanol–water partition coefficient (Wildman–Crippen LogP) is 2.07. The number of aromatic nitrogens is 1. The molecule has 0 bridgehead atoms. The maximum absolute atomic E-state index is 11.3. The van der Waals surface area contributed by atoms with Crippen molar-refractivity contribution in [1.82, 2.24) is 15.6 Å². The maximum Gasteiger partial charge on any atom is 3.00 e. The van der Waals surface area contributed by atoms with Crippen molar-refractivity contribution in [3.8, 4) is 0 Å². The Morgan fingerprint density at radius 3 is 2.48 bits per heavy atom. The van der Waals surface area contributed by atoms with Crippen molar-refractivity contribution < 1.29 is 37.5 Å². The molecule has 21 heavy (non-hydrogen) atoms. The van der Waals surface area contributed by atoms with E-state index in [4.69, 9.17) is 0 Å². The van der Waals surface area contributed by atoms with Gasteiger partial charge < -0.3 is 31.4 Å². The SMILES string of the molecule is [CH2-]CCCNC(=O)/C=C/c1cccnc1.[CH2-]CNC[CH2-].[Y+3]. The second-order valence-corrected chi connectivity index (χ2v) is 3.87. The van der Waals surface area contributed by atoms with Gasteiger partial charge in [0.1, 0.15) is 0 Å². The summed E-state index contributed by atoms with van der Waals surface area (Å²) >= 11 is 0. The molecule has 0 radical (unpaired) electrons.